The monoisotopic (exact) mass is 378 g/mol. The maximum atomic E-state index is 13.1. The van der Waals surface area contributed by atoms with Gasteiger partial charge in [-0.3, -0.25) is 14.4 Å². The van der Waals surface area contributed by atoms with Crippen LogP contribution in [0.25, 0.3) is 10.9 Å². The summed E-state index contributed by atoms with van der Waals surface area (Å²) < 4.78 is 30.6. The van der Waals surface area contributed by atoms with Crippen LogP contribution >= 0.6 is 0 Å². The molecule has 4 rings (SSSR count). The largest absolute Gasteiger partial charge is 0.279 e. The highest BCUT2D eigenvalue weighted by molar-refractivity contribution is 7.93. The van der Waals surface area contributed by atoms with Gasteiger partial charge in [0.1, 0.15) is 4.90 Å². The zero-order chi connectivity index (χ0) is 18.9. The van der Waals surface area contributed by atoms with Crippen molar-refractivity contribution < 1.29 is 8.42 Å². The van der Waals surface area contributed by atoms with Crippen LogP contribution in [0, 0.1) is 6.92 Å². The summed E-state index contributed by atoms with van der Waals surface area (Å²) in [4.78, 5) is 4.50. The highest BCUT2D eigenvalue weighted by atomic mass is 32.2. The fourth-order valence-corrected chi connectivity index (χ4v) is 4.27. The first-order valence-electron chi connectivity index (χ1n) is 8.46. The summed E-state index contributed by atoms with van der Waals surface area (Å²) in [6.45, 7) is 2.40. The van der Waals surface area contributed by atoms with E-state index >= 15 is 0 Å². The van der Waals surface area contributed by atoms with Crippen LogP contribution < -0.4 is 4.72 Å². The SMILES string of the molecule is Cc1cnc2c(S(=O)(=O)Nc3ccccc3Cn3cccn3)cccc2c1. The van der Waals surface area contributed by atoms with E-state index in [0.29, 0.717) is 17.7 Å². The van der Waals surface area contributed by atoms with Crippen LogP contribution in [0.15, 0.2) is 78.1 Å². The Labute approximate surface area is 157 Å². The second-order valence-electron chi connectivity index (χ2n) is 6.31. The van der Waals surface area contributed by atoms with E-state index in [1.165, 1.54) is 0 Å². The quantitative estimate of drug-likeness (QED) is 0.576. The molecule has 0 aliphatic rings. The molecule has 27 heavy (non-hydrogen) atoms. The van der Waals surface area contributed by atoms with Crippen LogP contribution in [0.3, 0.4) is 0 Å². The molecule has 0 saturated heterocycles. The molecule has 2 aromatic carbocycles. The van der Waals surface area contributed by atoms with Gasteiger partial charge in [0.15, 0.2) is 0 Å². The first kappa shape index (κ1) is 17.2. The molecule has 136 valence electrons. The lowest BCUT2D eigenvalue weighted by atomic mass is 10.2. The Morgan fingerprint density at radius 2 is 1.93 bits per heavy atom. The molecule has 1 N–H and O–H groups in total. The van der Waals surface area contributed by atoms with E-state index in [9.17, 15) is 8.42 Å². The third-order valence-corrected chi connectivity index (χ3v) is 5.65. The normalized spacial score (nSPS) is 11.6. The number of rotatable bonds is 5. The molecule has 0 bridgehead atoms. The summed E-state index contributed by atoms with van der Waals surface area (Å²) in [5, 5.41) is 4.98. The zero-order valence-corrected chi connectivity index (χ0v) is 15.5. The van der Waals surface area contributed by atoms with E-state index in [0.717, 1.165) is 16.5 Å². The summed E-state index contributed by atoms with van der Waals surface area (Å²) in [6.07, 6.45) is 5.20. The van der Waals surface area contributed by atoms with Crippen LogP contribution in [-0.4, -0.2) is 23.2 Å². The lowest BCUT2D eigenvalue weighted by Gasteiger charge is -2.14. The number of fused-ring (bicyclic) bond motifs is 1. The highest BCUT2D eigenvalue weighted by Crippen LogP contribution is 2.25. The van der Waals surface area contributed by atoms with Crippen molar-refractivity contribution in [3.63, 3.8) is 0 Å². The third kappa shape index (κ3) is 3.54. The molecule has 0 fully saturated rings. The van der Waals surface area contributed by atoms with Gasteiger partial charge in [-0.25, -0.2) is 8.42 Å². The first-order valence-corrected chi connectivity index (χ1v) is 9.95. The number of anilines is 1. The fourth-order valence-electron chi connectivity index (χ4n) is 2.99. The van der Waals surface area contributed by atoms with Crippen molar-refractivity contribution in [2.75, 3.05) is 4.72 Å². The molecule has 0 unspecified atom stereocenters. The molecule has 2 aromatic heterocycles. The van der Waals surface area contributed by atoms with Crippen molar-refractivity contribution >= 4 is 26.6 Å². The zero-order valence-electron chi connectivity index (χ0n) is 14.7. The Bertz CT molecular complexity index is 1200. The standard InChI is InChI=1S/C20H18N4O2S/c1-15-12-16-7-4-9-19(20(16)21-13-15)27(25,26)23-18-8-3-2-6-17(18)14-24-11-5-10-22-24/h2-13,23H,14H2,1H3. The molecule has 6 nitrogen and oxygen atoms in total. The van der Waals surface area contributed by atoms with Crippen molar-refractivity contribution in [1.82, 2.24) is 14.8 Å². The van der Waals surface area contributed by atoms with Gasteiger partial charge in [0.2, 0.25) is 0 Å². The molecular formula is C20H18N4O2S. The van der Waals surface area contributed by atoms with Gasteiger partial charge < -0.3 is 0 Å². The molecule has 2 heterocycles. The van der Waals surface area contributed by atoms with Gasteiger partial charge in [0.25, 0.3) is 10.0 Å². The Morgan fingerprint density at radius 3 is 2.74 bits per heavy atom. The van der Waals surface area contributed by atoms with Crippen LogP contribution in [0.2, 0.25) is 0 Å². The number of hydrogen-bond acceptors (Lipinski definition) is 4. The van der Waals surface area contributed by atoms with E-state index in [4.69, 9.17) is 0 Å². The van der Waals surface area contributed by atoms with Crippen molar-refractivity contribution in [3.05, 3.63) is 84.3 Å². The molecule has 4 aromatic rings. The van der Waals surface area contributed by atoms with Gasteiger partial charge in [0, 0.05) is 24.0 Å². The van der Waals surface area contributed by atoms with Gasteiger partial charge in [-0.1, -0.05) is 30.3 Å². The van der Waals surface area contributed by atoms with Gasteiger partial charge in [-0.15, -0.1) is 0 Å². The Hall–Kier alpha value is -3.19. The maximum absolute atomic E-state index is 13.1. The van der Waals surface area contributed by atoms with Crippen molar-refractivity contribution in [2.24, 2.45) is 0 Å². The van der Waals surface area contributed by atoms with Crippen LogP contribution in [0.4, 0.5) is 5.69 Å². The Morgan fingerprint density at radius 1 is 1.07 bits per heavy atom. The molecule has 0 amide bonds. The predicted octanol–water partition coefficient (Wildman–Crippen LogP) is 3.59. The summed E-state index contributed by atoms with van der Waals surface area (Å²) in [7, 11) is -3.80. The summed E-state index contributed by atoms with van der Waals surface area (Å²) in [5.74, 6) is 0. The number of hydrogen-bond donors (Lipinski definition) is 1. The average Bonchev–Trinajstić information content (AvgIpc) is 3.15. The smallest absolute Gasteiger partial charge is 0.264 e. The number of aromatic nitrogens is 3. The molecule has 7 heteroatoms. The number of aryl methyl sites for hydroxylation is 1. The minimum atomic E-state index is -3.80. The average molecular weight is 378 g/mol. The molecule has 0 aliphatic heterocycles. The minimum Gasteiger partial charge on any atom is -0.279 e. The van der Waals surface area contributed by atoms with Gasteiger partial charge in [-0.2, -0.15) is 5.10 Å². The lowest BCUT2D eigenvalue weighted by Crippen LogP contribution is -2.16. The molecule has 0 spiro atoms. The Balaban J connectivity index is 1.73. The van der Waals surface area contributed by atoms with Crippen molar-refractivity contribution in [2.45, 2.75) is 18.4 Å². The Kier molecular flexibility index (Phi) is 4.37. The van der Waals surface area contributed by atoms with E-state index in [2.05, 4.69) is 14.8 Å². The first-order chi connectivity index (χ1) is 13.0. The predicted molar refractivity (Wildman–Crippen MR) is 105 cm³/mol. The van der Waals surface area contributed by atoms with Crippen LogP contribution in [0.5, 0.6) is 0 Å². The van der Waals surface area contributed by atoms with E-state index in [1.807, 2.05) is 43.5 Å². The number of benzene rings is 2. The van der Waals surface area contributed by atoms with Gasteiger partial charge in [0.05, 0.1) is 17.7 Å². The maximum Gasteiger partial charge on any atom is 0.264 e. The second-order valence-corrected chi connectivity index (χ2v) is 7.96. The number of para-hydroxylation sites is 2. The lowest BCUT2D eigenvalue weighted by molar-refractivity contribution is 0.601. The molecule has 0 radical (unpaired) electrons. The van der Waals surface area contributed by atoms with Crippen molar-refractivity contribution in [3.8, 4) is 0 Å². The summed E-state index contributed by atoms with van der Waals surface area (Å²) in [6, 6.07) is 16.2. The third-order valence-electron chi connectivity index (χ3n) is 4.25. The van der Waals surface area contributed by atoms with E-state index in [-0.39, 0.29) is 4.90 Å². The minimum absolute atomic E-state index is 0.161. The highest BCUT2D eigenvalue weighted by Gasteiger charge is 2.19. The second kappa shape index (κ2) is 6.85. The molecule has 0 saturated carbocycles. The summed E-state index contributed by atoms with van der Waals surface area (Å²) in [5.41, 5.74) is 2.79. The van der Waals surface area contributed by atoms with E-state index in [1.54, 1.807) is 41.3 Å². The van der Waals surface area contributed by atoms with Crippen LogP contribution in [0.1, 0.15) is 11.1 Å². The number of sulfonamides is 1. The number of pyridine rings is 1. The van der Waals surface area contributed by atoms with Crippen LogP contribution in [-0.2, 0) is 16.6 Å². The fraction of sp³-hybridized carbons (Fsp3) is 0.100. The molecule has 0 atom stereocenters. The summed E-state index contributed by atoms with van der Waals surface area (Å²) >= 11 is 0. The van der Waals surface area contributed by atoms with Gasteiger partial charge in [-0.05, 0) is 42.3 Å². The van der Waals surface area contributed by atoms with Crippen molar-refractivity contribution in [1.29, 1.82) is 0 Å². The molecular weight excluding hydrogens is 360 g/mol. The van der Waals surface area contributed by atoms with E-state index < -0.39 is 10.0 Å². The van der Waals surface area contributed by atoms with Gasteiger partial charge >= 0.3 is 0 Å². The number of nitrogens with zero attached hydrogens (tertiary/aromatic N) is 3. The topological polar surface area (TPSA) is 76.9 Å². The molecule has 0 aliphatic carbocycles. The number of nitrogens with one attached hydrogen (secondary N) is 1.